The fourth-order valence-corrected chi connectivity index (χ4v) is 2.46. The smallest absolute Gasteiger partial charge is 0.408 e. The number of hydrogen-bond acceptors (Lipinski definition) is 4. The van der Waals surface area contributed by atoms with Crippen LogP contribution in [0.15, 0.2) is 24.3 Å². The molecule has 1 saturated heterocycles. The van der Waals surface area contributed by atoms with Crippen molar-refractivity contribution in [3.63, 3.8) is 0 Å². The third-order valence-corrected chi connectivity index (χ3v) is 3.26. The standard InChI is InChI=1S/C14H17F3N2O2.2ClH/c1-10(20)21-12-4-2-3-11(9-12)13(14(15,16)17)19-7-5-18-6-8-19;;/h2-4,9,13,18H,5-8H2,1H3;2*1H/t13-;;/m1../s1. The molecule has 0 bridgehead atoms. The molecule has 23 heavy (non-hydrogen) atoms. The highest BCUT2D eigenvalue weighted by atomic mass is 35.5. The molecule has 0 radical (unpaired) electrons. The summed E-state index contributed by atoms with van der Waals surface area (Å²) in [4.78, 5) is 12.3. The summed E-state index contributed by atoms with van der Waals surface area (Å²) < 4.78 is 45.1. The number of benzene rings is 1. The Balaban J connectivity index is 0.00000242. The van der Waals surface area contributed by atoms with Gasteiger partial charge in [-0.1, -0.05) is 12.1 Å². The molecule has 4 nitrogen and oxygen atoms in total. The average molecular weight is 375 g/mol. The lowest BCUT2D eigenvalue weighted by atomic mass is 10.0. The molecular formula is C14H19Cl2F3N2O2. The van der Waals surface area contributed by atoms with E-state index in [4.69, 9.17) is 4.74 Å². The number of alkyl halides is 3. The molecule has 1 aromatic rings. The molecule has 132 valence electrons. The van der Waals surface area contributed by atoms with Crippen LogP contribution < -0.4 is 10.1 Å². The van der Waals surface area contributed by atoms with Gasteiger partial charge >= 0.3 is 12.1 Å². The summed E-state index contributed by atoms with van der Waals surface area (Å²) in [7, 11) is 0. The van der Waals surface area contributed by atoms with Crippen LogP contribution >= 0.6 is 24.8 Å². The normalized spacial score (nSPS) is 16.7. The number of rotatable bonds is 3. The Hall–Kier alpha value is -1.02. The molecule has 1 aliphatic rings. The lowest BCUT2D eigenvalue weighted by Gasteiger charge is -2.36. The molecule has 0 aliphatic carbocycles. The van der Waals surface area contributed by atoms with Gasteiger partial charge in [-0.15, -0.1) is 24.8 Å². The molecule has 0 saturated carbocycles. The maximum Gasteiger partial charge on any atom is 0.408 e. The molecule has 1 aliphatic heterocycles. The van der Waals surface area contributed by atoms with E-state index in [9.17, 15) is 18.0 Å². The Morgan fingerprint density at radius 2 is 1.87 bits per heavy atom. The summed E-state index contributed by atoms with van der Waals surface area (Å²) in [6, 6.07) is 3.94. The van der Waals surface area contributed by atoms with E-state index in [2.05, 4.69) is 5.32 Å². The van der Waals surface area contributed by atoms with E-state index < -0.39 is 18.2 Å². The number of carbonyl (C=O) groups excluding carboxylic acids is 1. The quantitative estimate of drug-likeness (QED) is 0.652. The number of nitrogens with one attached hydrogen (secondary N) is 1. The number of hydrogen-bond donors (Lipinski definition) is 1. The third-order valence-electron chi connectivity index (χ3n) is 3.26. The van der Waals surface area contributed by atoms with Crippen LogP contribution in [0.2, 0.25) is 0 Å². The lowest BCUT2D eigenvalue weighted by molar-refractivity contribution is -0.187. The van der Waals surface area contributed by atoms with Gasteiger partial charge in [-0.2, -0.15) is 13.2 Å². The number of nitrogens with zero attached hydrogens (tertiary/aromatic N) is 1. The molecule has 2 rings (SSSR count). The van der Waals surface area contributed by atoms with Gasteiger partial charge in [0.15, 0.2) is 0 Å². The molecule has 0 aromatic heterocycles. The second kappa shape index (κ2) is 9.32. The third kappa shape index (κ3) is 6.18. The number of esters is 1. The van der Waals surface area contributed by atoms with Gasteiger partial charge in [-0.05, 0) is 17.7 Å². The van der Waals surface area contributed by atoms with E-state index in [-0.39, 0.29) is 36.1 Å². The van der Waals surface area contributed by atoms with Gasteiger partial charge in [-0.3, -0.25) is 9.69 Å². The second-order valence-corrected chi connectivity index (χ2v) is 4.90. The summed E-state index contributed by atoms with van der Waals surface area (Å²) in [6.45, 7) is 2.90. The lowest BCUT2D eigenvalue weighted by Crippen LogP contribution is -2.49. The minimum Gasteiger partial charge on any atom is -0.427 e. The van der Waals surface area contributed by atoms with Crippen LogP contribution in [0.1, 0.15) is 18.5 Å². The number of carbonyl (C=O) groups is 1. The van der Waals surface area contributed by atoms with Gasteiger partial charge < -0.3 is 10.1 Å². The van der Waals surface area contributed by atoms with E-state index >= 15 is 0 Å². The van der Waals surface area contributed by atoms with Crippen LogP contribution in [-0.2, 0) is 4.79 Å². The van der Waals surface area contributed by atoms with Gasteiger partial charge in [0, 0.05) is 33.1 Å². The highest BCUT2D eigenvalue weighted by Gasteiger charge is 2.44. The molecule has 1 atom stereocenters. The van der Waals surface area contributed by atoms with Crippen molar-refractivity contribution in [2.24, 2.45) is 0 Å². The first-order chi connectivity index (χ1) is 9.88. The predicted octanol–water partition coefficient (Wildman–Crippen LogP) is 2.96. The first-order valence-electron chi connectivity index (χ1n) is 6.68. The molecule has 0 unspecified atom stereocenters. The molecule has 1 N–H and O–H groups in total. The highest BCUT2D eigenvalue weighted by molar-refractivity contribution is 5.85. The van der Waals surface area contributed by atoms with Gasteiger partial charge in [-0.25, -0.2) is 0 Å². The summed E-state index contributed by atoms with van der Waals surface area (Å²) >= 11 is 0. The van der Waals surface area contributed by atoms with Crippen molar-refractivity contribution in [1.82, 2.24) is 10.2 Å². The van der Waals surface area contributed by atoms with E-state index in [1.807, 2.05) is 0 Å². The Bertz CT molecular complexity index is 509. The first kappa shape index (κ1) is 22.0. The zero-order valence-corrected chi connectivity index (χ0v) is 14.1. The second-order valence-electron chi connectivity index (χ2n) is 4.90. The maximum atomic E-state index is 13.4. The maximum absolute atomic E-state index is 13.4. The Labute approximate surface area is 145 Å². The number of piperazine rings is 1. The van der Waals surface area contributed by atoms with E-state index in [0.29, 0.717) is 26.2 Å². The largest absolute Gasteiger partial charge is 0.427 e. The average Bonchev–Trinajstić information content (AvgIpc) is 2.38. The van der Waals surface area contributed by atoms with Crippen LogP contribution in [0, 0.1) is 0 Å². The zero-order valence-electron chi connectivity index (χ0n) is 12.4. The molecule has 9 heteroatoms. The fraction of sp³-hybridized carbons (Fsp3) is 0.500. The van der Waals surface area contributed by atoms with Gasteiger partial charge in [0.1, 0.15) is 11.8 Å². The Morgan fingerprint density at radius 1 is 1.26 bits per heavy atom. The van der Waals surface area contributed by atoms with Crippen molar-refractivity contribution in [3.8, 4) is 5.75 Å². The van der Waals surface area contributed by atoms with Crippen molar-refractivity contribution in [1.29, 1.82) is 0 Å². The molecule has 1 aromatic carbocycles. The summed E-state index contributed by atoms with van der Waals surface area (Å²) in [5.41, 5.74) is 0.0863. The summed E-state index contributed by atoms with van der Waals surface area (Å²) in [5.74, 6) is -0.428. The molecule has 0 spiro atoms. The number of halogens is 5. The minimum absolute atomic E-state index is 0. The highest BCUT2D eigenvalue weighted by Crippen LogP contribution is 2.38. The fourth-order valence-electron chi connectivity index (χ4n) is 2.46. The molecule has 1 fully saturated rings. The molecule has 1 heterocycles. The van der Waals surface area contributed by atoms with Crippen LogP contribution in [-0.4, -0.2) is 43.2 Å². The van der Waals surface area contributed by atoms with Crippen LogP contribution in [0.4, 0.5) is 13.2 Å². The Morgan fingerprint density at radius 3 is 2.39 bits per heavy atom. The van der Waals surface area contributed by atoms with E-state index in [1.165, 1.54) is 36.1 Å². The van der Waals surface area contributed by atoms with Crippen molar-refractivity contribution in [3.05, 3.63) is 29.8 Å². The molecule has 0 amide bonds. The minimum atomic E-state index is -4.38. The van der Waals surface area contributed by atoms with Crippen LogP contribution in [0.25, 0.3) is 0 Å². The van der Waals surface area contributed by atoms with Crippen molar-refractivity contribution in [2.45, 2.75) is 19.1 Å². The summed E-state index contributed by atoms with van der Waals surface area (Å²) in [6.07, 6.45) is -4.38. The van der Waals surface area contributed by atoms with Gasteiger partial charge in [0.05, 0.1) is 0 Å². The first-order valence-corrected chi connectivity index (χ1v) is 6.68. The molecular weight excluding hydrogens is 356 g/mol. The van der Waals surface area contributed by atoms with E-state index in [1.54, 1.807) is 0 Å². The van der Waals surface area contributed by atoms with E-state index in [0.717, 1.165) is 0 Å². The SMILES string of the molecule is CC(=O)Oc1cccc([C@@H](N2CCNCC2)C(F)(F)F)c1.Cl.Cl. The van der Waals surface area contributed by atoms with Crippen LogP contribution in [0.5, 0.6) is 5.75 Å². The monoisotopic (exact) mass is 374 g/mol. The van der Waals surface area contributed by atoms with Gasteiger partial charge in [0.2, 0.25) is 0 Å². The zero-order chi connectivity index (χ0) is 15.5. The summed E-state index contributed by atoms with van der Waals surface area (Å²) in [5, 5.41) is 3.03. The van der Waals surface area contributed by atoms with Crippen LogP contribution in [0.3, 0.4) is 0 Å². The van der Waals surface area contributed by atoms with Crippen molar-refractivity contribution >= 4 is 30.8 Å². The Kier molecular flexibility index (Phi) is 8.90. The predicted molar refractivity (Wildman–Crippen MR) is 85.5 cm³/mol. The van der Waals surface area contributed by atoms with Crippen molar-refractivity contribution < 1.29 is 22.7 Å². The van der Waals surface area contributed by atoms with Crippen molar-refractivity contribution in [2.75, 3.05) is 26.2 Å². The number of ether oxygens (including phenoxy) is 1. The topological polar surface area (TPSA) is 41.6 Å². The van der Waals surface area contributed by atoms with Gasteiger partial charge in [0.25, 0.3) is 0 Å².